The van der Waals surface area contributed by atoms with Crippen molar-refractivity contribution in [2.24, 2.45) is 4.99 Å². The molecule has 0 saturated carbocycles. The van der Waals surface area contributed by atoms with Crippen molar-refractivity contribution >= 4 is 43.9 Å². The second kappa shape index (κ2) is 8.16. The largest absolute Gasteiger partial charge is 0.335 e. The Morgan fingerprint density at radius 1 is 1.06 bits per heavy atom. The summed E-state index contributed by atoms with van der Waals surface area (Å²) in [6.07, 6.45) is 2.99. The highest BCUT2D eigenvalue weighted by atomic mass is 32.2. The molecule has 3 aliphatic rings. The number of nitrogens with zero attached hydrogens (tertiary/aromatic N) is 2. The first-order valence-electron chi connectivity index (χ1n) is 10.3. The first-order valence-corrected chi connectivity index (χ1v) is 13.0. The maximum absolute atomic E-state index is 12.9. The molecule has 1 saturated heterocycles. The molecule has 160 valence electrons. The van der Waals surface area contributed by atoms with Gasteiger partial charge in [-0.15, -0.1) is 0 Å². The van der Waals surface area contributed by atoms with Gasteiger partial charge in [-0.25, -0.2) is 8.42 Å². The number of hydrogen-bond donors (Lipinski definition) is 1. The van der Waals surface area contributed by atoms with Crippen LogP contribution in [-0.2, 0) is 9.84 Å². The first kappa shape index (κ1) is 20.3. The zero-order valence-corrected chi connectivity index (χ0v) is 18.5. The Morgan fingerprint density at radius 3 is 2.52 bits per heavy atom. The van der Waals surface area contributed by atoms with Crippen LogP contribution in [0.25, 0.3) is 5.57 Å². The number of fused-ring (bicyclic) bond motifs is 1. The molecule has 6 nitrogen and oxygen atoms in total. The highest BCUT2D eigenvalue weighted by Crippen LogP contribution is 2.34. The van der Waals surface area contributed by atoms with Gasteiger partial charge < -0.3 is 10.2 Å². The number of hydrogen-bond acceptors (Lipinski definition) is 6. The van der Waals surface area contributed by atoms with Gasteiger partial charge in [-0.3, -0.25) is 9.79 Å². The quantitative estimate of drug-likeness (QED) is 0.772. The smallest absolute Gasteiger partial charge is 0.254 e. The number of aliphatic imine (C=N–C) groups is 1. The molecule has 1 N–H and O–H groups in total. The summed E-state index contributed by atoms with van der Waals surface area (Å²) in [5.41, 5.74) is 4.01. The van der Waals surface area contributed by atoms with Crippen LogP contribution in [-0.4, -0.2) is 60.3 Å². The van der Waals surface area contributed by atoms with Crippen LogP contribution in [0.1, 0.15) is 22.3 Å². The molecule has 0 unspecified atom stereocenters. The maximum Gasteiger partial charge on any atom is 0.254 e. The summed E-state index contributed by atoms with van der Waals surface area (Å²) < 4.78 is 23.4. The van der Waals surface area contributed by atoms with E-state index < -0.39 is 9.84 Å². The third kappa shape index (κ3) is 4.41. The molecule has 31 heavy (non-hydrogen) atoms. The van der Waals surface area contributed by atoms with Gasteiger partial charge in [-0.2, -0.15) is 0 Å². The van der Waals surface area contributed by atoms with Gasteiger partial charge in [0, 0.05) is 29.6 Å². The number of nitrogens with one attached hydrogen (secondary N) is 1. The van der Waals surface area contributed by atoms with Gasteiger partial charge in [0.1, 0.15) is 0 Å². The molecule has 3 aliphatic heterocycles. The van der Waals surface area contributed by atoms with E-state index in [4.69, 9.17) is 0 Å². The molecule has 1 fully saturated rings. The summed E-state index contributed by atoms with van der Waals surface area (Å²) in [7, 11) is -2.95. The molecule has 3 heterocycles. The van der Waals surface area contributed by atoms with Crippen molar-refractivity contribution in [3.05, 3.63) is 71.8 Å². The number of carbonyl (C=O) groups excluding carboxylic acids is 1. The molecular formula is C23H23N3O3S2. The molecule has 1 amide bonds. The number of thioether (sulfide) groups is 1. The van der Waals surface area contributed by atoms with Crippen molar-refractivity contribution in [2.45, 2.75) is 17.7 Å². The lowest BCUT2D eigenvalue weighted by Gasteiger charge is -2.27. The van der Waals surface area contributed by atoms with Crippen LogP contribution in [0.15, 0.2) is 65.7 Å². The normalized spacial score (nSPS) is 24.3. The van der Waals surface area contributed by atoms with E-state index in [2.05, 4.69) is 28.5 Å². The fourth-order valence-electron chi connectivity index (χ4n) is 4.19. The van der Waals surface area contributed by atoms with Gasteiger partial charge in [0.05, 0.1) is 17.5 Å². The summed E-state index contributed by atoms with van der Waals surface area (Å²) in [4.78, 5) is 19.3. The summed E-state index contributed by atoms with van der Waals surface area (Å²) in [5.74, 6) is 0.363. The van der Waals surface area contributed by atoms with Crippen LogP contribution in [0, 0.1) is 0 Å². The standard InChI is InChI=1S/C23H23N3O3S2/c27-22(26-12-10-17(11-13-26)16-4-2-1-3-5-16)18-6-8-19(9-7-18)24-23-25-20-14-31(28,29)15-21(20)30-23/h1-10,20-21H,11-15H2,(H,24,25)/t20-,21-/m1/s1. The monoisotopic (exact) mass is 453 g/mol. The third-order valence-electron chi connectivity index (χ3n) is 5.84. The van der Waals surface area contributed by atoms with E-state index in [0.29, 0.717) is 18.7 Å². The average molecular weight is 454 g/mol. The minimum Gasteiger partial charge on any atom is -0.335 e. The minimum absolute atomic E-state index is 0.0151. The zero-order valence-electron chi connectivity index (χ0n) is 16.9. The lowest BCUT2D eigenvalue weighted by molar-refractivity contribution is 0.0773. The van der Waals surface area contributed by atoms with E-state index >= 15 is 0 Å². The van der Waals surface area contributed by atoms with Gasteiger partial charge in [0.15, 0.2) is 15.0 Å². The Hall–Kier alpha value is -2.58. The SMILES string of the molecule is O=C(c1ccc(NC2=N[C@@H]3CS(=O)(=O)C[C@H]3S2)cc1)N1CC=C(c2ccccc2)CC1. The Morgan fingerprint density at radius 2 is 1.84 bits per heavy atom. The van der Waals surface area contributed by atoms with Crippen molar-refractivity contribution in [3.8, 4) is 0 Å². The van der Waals surface area contributed by atoms with Crippen LogP contribution >= 0.6 is 11.8 Å². The number of sulfone groups is 1. The van der Waals surface area contributed by atoms with E-state index in [0.717, 1.165) is 17.3 Å². The van der Waals surface area contributed by atoms with Crippen LogP contribution in [0.4, 0.5) is 5.69 Å². The lowest BCUT2D eigenvalue weighted by atomic mass is 9.99. The van der Waals surface area contributed by atoms with Gasteiger partial charge in [0.2, 0.25) is 0 Å². The summed E-state index contributed by atoms with van der Waals surface area (Å²) in [6, 6.07) is 17.5. The molecule has 0 bridgehead atoms. The van der Waals surface area contributed by atoms with Crippen molar-refractivity contribution in [1.82, 2.24) is 4.90 Å². The maximum atomic E-state index is 12.9. The number of rotatable bonds is 3. The lowest BCUT2D eigenvalue weighted by Crippen LogP contribution is -2.34. The predicted octanol–water partition coefficient (Wildman–Crippen LogP) is 3.30. The van der Waals surface area contributed by atoms with E-state index in [9.17, 15) is 13.2 Å². The fraction of sp³-hybridized carbons (Fsp3) is 0.304. The van der Waals surface area contributed by atoms with Crippen molar-refractivity contribution in [2.75, 3.05) is 29.9 Å². The van der Waals surface area contributed by atoms with E-state index in [1.54, 1.807) is 0 Å². The zero-order chi connectivity index (χ0) is 21.4. The van der Waals surface area contributed by atoms with Crippen molar-refractivity contribution in [1.29, 1.82) is 0 Å². The highest BCUT2D eigenvalue weighted by molar-refractivity contribution is 8.15. The number of amides is 1. The topological polar surface area (TPSA) is 78.8 Å². The molecule has 0 spiro atoms. The molecule has 0 aliphatic carbocycles. The van der Waals surface area contributed by atoms with Gasteiger partial charge >= 0.3 is 0 Å². The Balaban J connectivity index is 1.20. The third-order valence-corrected chi connectivity index (χ3v) is 8.98. The summed E-state index contributed by atoms with van der Waals surface area (Å²) >= 11 is 1.49. The number of anilines is 1. The molecule has 8 heteroatoms. The summed E-state index contributed by atoms with van der Waals surface area (Å²) in [5, 5.41) is 4.01. The number of carbonyl (C=O) groups is 1. The summed E-state index contributed by atoms with van der Waals surface area (Å²) in [6.45, 7) is 1.32. The fourth-order valence-corrected chi connectivity index (χ4v) is 7.86. The van der Waals surface area contributed by atoms with E-state index in [-0.39, 0.29) is 28.7 Å². The first-order chi connectivity index (χ1) is 15.0. The van der Waals surface area contributed by atoms with Crippen LogP contribution in [0.2, 0.25) is 0 Å². The molecule has 2 atom stereocenters. The van der Waals surface area contributed by atoms with E-state index in [1.807, 2.05) is 47.4 Å². The number of benzene rings is 2. The molecule has 0 aromatic heterocycles. The predicted molar refractivity (Wildman–Crippen MR) is 126 cm³/mol. The van der Waals surface area contributed by atoms with Gasteiger partial charge in [0.25, 0.3) is 5.91 Å². The molecule has 5 rings (SSSR count). The van der Waals surface area contributed by atoms with Crippen molar-refractivity contribution < 1.29 is 13.2 Å². The average Bonchev–Trinajstić information content (AvgIpc) is 3.27. The van der Waals surface area contributed by atoms with Gasteiger partial charge in [-0.1, -0.05) is 48.2 Å². The van der Waals surface area contributed by atoms with E-state index in [1.165, 1.54) is 22.9 Å². The minimum atomic E-state index is -2.95. The highest BCUT2D eigenvalue weighted by Gasteiger charge is 2.42. The molecule has 2 aromatic carbocycles. The molecule has 0 radical (unpaired) electrons. The second-order valence-corrected chi connectivity index (χ2v) is 11.4. The Kier molecular flexibility index (Phi) is 5.35. The number of amidine groups is 1. The molecule has 2 aromatic rings. The van der Waals surface area contributed by atoms with Crippen LogP contribution < -0.4 is 5.32 Å². The van der Waals surface area contributed by atoms with Gasteiger partial charge in [-0.05, 0) is 41.8 Å². The van der Waals surface area contributed by atoms with Crippen LogP contribution in [0.3, 0.4) is 0 Å². The second-order valence-electron chi connectivity index (χ2n) is 8.03. The van der Waals surface area contributed by atoms with Crippen molar-refractivity contribution in [3.63, 3.8) is 0 Å². The Labute approximate surface area is 186 Å². The molecular weight excluding hydrogens is 430 g/mol. The Bertz CT molecular complexity index is 1160. The van der Waals surface area contributed by atoms with Crippen LogP contribution in [0.5, 0.6) is 0 Å².